The van der Waals surface area contributed by atoms with Gasteiger partial charge < -0.3 is 9.47 Å². The molecule has 0 saturated carbocycles. The number of hydrogen-bond acceptors (Lipinski definition) is 6. The number of sulfone groups is 1. The number of methoxy groups -OCH3 is 2. The van der Waals surface area contributed by atoms with E-state index in [2.05, 4.69) is 0 Å². The molecule has 0 unspecified atom stereocenters. The fourth-order valence-corrected chi connectivity index (χ4v) is 6.28. The van der Waals surface area contributed by atoms with Crippen molar-refractivity contribution in [2.24, 2.45) is 0 Å². The van der Waals surface area contributed by atoms with Crippen LogP contribution >= 0.6 is 0 Å². The minimum atomic E-state index is -3.96. The van der Waals surface area contributed by atoms with Crippen molar-refractivity contribution < 1.29 is 30.7 Å². The summed E-state index contributed by atoms with van der Waals surface area (Å²) in [6, 6.07) is 8.83. The van der Waals surface area contributed by atoms with Crippen molar-refractivity contribution in [3.63, 3.8) is 0 Å². The van der Waals surface area contributed by atoms with Gasteiger partial charge in [-0.15, -0.1) is 0 Å². The molecule has 0 atom stereocenters. The maximum absolute atomic E-state index is 13.0. The zero-order valence-corrected chi connectivity index (χ0v) is 16.3. The minimum absolute atomic E-state index is 0.0371. The SMILES string of the molecule is COc1ccc(OC)c(S(=O)(=O)N2CC(S(=O)(=O)c3ccc(F)cc3)C2)c1. The monoisotopic (exact) mass is 415 g/mol. The molecule has 2 aromatic rings. The van der Waals surface area contributed by atoms with E-state index in [0.29, 0.717) is 5.75 Å². The highest BCUT2D eigenvalue weighted by Crippen LogP contribution is 2.34. The summed E-state index contributed by atoms with van der Waals surface area (Å²) in [6.45, 7) is -0.384. The summed E-state index contributed by atoms with van der Waals surface area (Å²) in [5.74, 6) is -0.0668. The Kier molecular flexibility index (Phi) is 5.15. The van der Waals surface area contributed by atoms with Gasteiger partial charge in [-0.1, -0.05) is 0 Å². The van der Waals surface area contributed by atoms with E-state index >= 15 is 0 Å². The Morgan fingerprint density at radius 2 is 1.59 bits per heavy atom. The van der Waals surface area contributed by atoms with Crippen LogP contribution in [0.3, 0.4) is 0 Å². The Hall–Kier alpha value is -2.17. The topological polar surface area (TPSA) is 90.0 Å². The van der Waals surface area contributed by atoms with Gasteiger partial charge in [0.25, 0.3) is 0 Å². The maximum Gasteiger partial charge on any atom is 0.246 e. The van der Waals surface area contributed by atoms with Gasteiger partial charge in [0.05, 0.1) is 24.4 Å². The second kappa shape index (κ2) is 7.10. The van der Waals surface area contributed by atoms with Crippen molar-refractivity contribution in [1.29, 1.82) is 0 Å². The Labute approximate surface area is 157 Å². The van der Waals surface area contributed by atoms with Gasteiger partial charge in [-0.25, -0.2) is 21.2 Å². The Balaban J connectivity index is 1.84. The molecule has 0 N–H and O–H groups in total. The summed E-state index contributed by atoms with van der Waals surface area (Å²) in [6.07, 6.45) is 0. The van der Waals surface area contributed by atoms with E-state index < -0.39 is 30.9 Å². The Morgan fingerprint density at radius 3 is 2.15 bits per heavy atom. The fourth-order valence-electron chi connectivity index (χ4n) is 2.73. The summed E-state index contributed by atoms with van der Waals surface area (Å²) in [5, 5.41) is -0.894. The molecule has 1 saturated heterocycles. The van der Waals surface area contributed by atoms with E-state index in [4.69, 9.17) is 9.47 Å². The Morgan fingerprint density at radius 1 is 0.963 bits per heavy atom. The molecule has 10 heteroatoms. The standard InChI is InChI=1S/C17H18FNO6S2/c1-24-13-5-8-16(25-2)17(9-13)27(22,23)19-10-15(11-19)26(20,21)14-6-3-12(18)4-7-14/h3-9,15H,10-11H2,1-2H3. The van der Waals surface area contributed by atoms with Crippen LogP contribution in [0.4, 0.5) is 4.39 Å². The molecule has 0 aromatic heterocycles. The first-order chi connectivity index (χ1) is 12.7. The average molecular weight is 415 g/mol. The Bertz CT molecular complexity index is 1050. The van der Waals surface area contributed by atoms with Gasteiger partial charge in [-0.05, 0) is 36.4 Å². The highest BCUT2D eigenvalue weighted by Gasteiger charge is 2.45. The van der Waals surface area contributed by atoms with E-state index in [-0.39, 0.29) is 28.6 Å². The molecule has 3 rings (SSSR count). The van der Waals surface area contributed by atoms with Crippen LogP contribution in [0.1, 0.15) is 0 Å². The van der Waals surface area contributed by atoms with Crippen LogP contribution in [0.2, 0.25) is 0 Å². The van der Waals surface area contributed by atoms with E-state index in [1.165, 1.54) is 38.5 Å². The molecule has 0 amide bonds. The van der Waals surface area contributed by atoms with Gasteiger partial charge in [0, 0.05) is 19.2 Å². The molecule has 1 heterocycles. The van der Waals surface area contributed by atoms with Crippen molar-refractivity contribution in [2.45, 2.75) is 15.0 Å². The van der Waals surface area contributed by atoms with Crippen LogP contribution in [0.5, 0.6) is 11.5 Å². The lowest BCUT2D eigenvalue weighted by molar-refractivity contribution is 0.307. The lowest BCUT2D eigenvalue weighted by atomic mass is 10.3. The molecular weight excluding hydrogens is 397 g/mol. The first kappa shape index (κ1) is 19.6. The molecule has 7 nitrogen and oxygen atoms in total. The predicted octanol–water partition coefficient (Wildman–Crippen LogP) is 1.69. The first-order valence-electron chi connectivity index (χ1n) is 7.92. The number of benzene rings is 2. The van der Waals surface area contributed by atoms with Crippen LogP contribution < -0.4 is 9.47 Å². The highest BCUT2D eigenvalue weighted by atomic mass is 32.2. The molecule has 0 aliphatic carbocycles. The smallest absolute Gasteiger partial charge is 0.246 e. The van der Waals surface area contributed by atoms with Gasteiger partial charge >= 0.3 is 0 Å². The van der Waals surface area contributed by atoms with Gasteiger partial charge in [0.1, 0.15) is 22.2 Å². The third-order valence-corrected chi connectivity index (χ3v) is 8.34. The number of hydrogen-bond donors (Lipinski definition) is 0. The van der Waals surface area contributed by atoms with Gasteiger partial charge in [-0.3, -0.25) is 0 Å². The van der Waals surface area contributed by atoms with Gasteiger partial charge in [0.2, 0.25) is 10.0 Å². The fraction of sp³-hybridized carbons (Fsp3) is 0.294. The molecule has 0 bridgehead atoms. The predicted molar refractivity (Wildman–Crippen MR) is 95.7 cm³/mol. The average Bonchev–Trinajstić information content (AvgIpc) is 2.59. The van der Waals surface area contributed by atoms with Crippen LogP contribution in [-0.2, 0) is 19.9 Å². The molecule has 1 aliphatic rings. The first-order valence-corrected chi connectivity index (χ1v) is 10.9. The second-order valence-corrected chi connectivity index (χ2v) is 10.1. The largest absolute Gasteiger partial charge is 0.497 e. The third kappa shape index (κ3) is 3.52. The molecular formula is C17H18FNO6S2. The van der Waals surface area contributed by atoms with E-state index in [1.807, 2.05) is 0 Å². The maximum atomic E-state index is 13.0. The van der Waals surface area contributed by atoms with Crippen LogP contribution in [-0.4, -0.2) is 53.7 Å². The normalized spacial score (nSPS) is 16.0. The summed E-state index contributed by atoms with van der Waals surface area (Å²) in [4.78, 5) is -0.133. The number of ether oxygens (including phenoxy) is 2. The molecule has 0 radical (unpaired) electrons. The number of halogens is 1. The quantitative estimate of drug-likeness (QED) is 0.667. The molecule has 27 heavy (non-hydrogen) atoms. The van der Waals surface area contributed by atoms with E-state index in [0.717, 1.165) is 16.4 Å². The number of sulfonamides is 1. The van der Waals surface area contributed by atoms with Crippen molar-refractivity contribution in [1.82, 2.24) is 4.31 Å². The third-order valence-electron chi connectivity index (χ3n) is 4.38. The lowest BCUT2D eigenvalue weighted by Gasteiger charge is -2.37. The molecule has 146 valence electrons. The zero-order chi connectivity index (χ0) is 19.8. The highest BCUT2D eigenvalue weighted by molar-refractivity contribution is 7.92. The van der Waals surface area contributed by atoms with Crippen LogP contribution in [0.25, 0.3) is 0 Å². The second-order valence-electron chi connectivity index (χ2n) is 5.96. The van der Waals surface area contributed by atoms with Crippen molar-refractivity contribution >= 4 is 19.9 Å². The summed E-state index contributed by atoms with van der Waals surface area (Å²) in [7, 11) is -4.95. The zero-order valence-electron chi connectivity index (χ0n) is 14.6. The summed E-state index contributed by atoms with van der Waals surface area (Å²) < 4.78 is 75.1. The summed E-state index contributed by atoms with van der Waals surface area (Å²) in [5.41, 5.74) is 0. The van der Waals surface area contributed by atoms with Crippen molar-refractivity contribution in [3.8, 4) is 11.5 Å². The van der Waals surface area contributed by atoms with E-state index in [9.17, 15) is 21.2 Å². The molecule has 1 fully saturated rings. The van der Waals surface area contributed by atoms with Gasteiger partial charge in [0.15, 0.2) is 9.84 Å². The molecule has 2 aromatic carbocycles. The van der Waals surface area contributed by atoms with Gasteiger partial charge in [-0.2, -0.15) is 4.31 Å². The summed E-state index contributed by atoms with van der Waals surface area (Å²) >= 11 is 0. The van der Waals surface area contributed by atoms with Crippen molar-refractivity contribution in [3.05, 3.63) is 48.3 Å². The van der Waals surface area contributed by atoms with E-state index in [1.54, 1.807) is 6.07 Å². The van der Waals surface area contributed by atoms with Crippen LogP contribution in [0, 0.1) is 5.82 Å². The number of rotatable bonds is 6. The number of nitrogens with zero attached hydrogens (tertiary/aromatic N) is 1. The van der Waals surface area contributed by atoms with Crippen molar-refractivity contribution in [2.75, 3.05) is 27.3 Å². The minimum Gasteiger partial charge on any atom is -0.497 e. The molecule has 1 aliphatic heterocycles. The molecule has 0 spiro atoms. The lowest BCUT2D eigenvalue weighted by Crippen LogP contribution is -2.56. The van der Waals surface area contributed by atoms with Crippen LogP contribution in [0.15, 0.2) is 52.3 Å².